The lowest BCUT2D eigenvalue weighted by atomic mass is 9.82. The molecule has 1 unspecified atom stereocenters. The number of rotatable bonds is 7. The maximum atomic E-state index is 12.4. The summed E-state index contributed by atoms with van der Waals surface area (Å²) in [5.41, 5.74) is 2.31. The Morgan fingerprint density at radius 1 is 1.25 bits per heavy atom. The average Bonchev–Trinajstić information content (AvgIpc) is 3.04. The lowest BCUT2D eigenvalue weighted by Gasteiger charge is -2.30. The van der Waals surface area contributed by atoms with Crippen molar-refractivity contribution in [2.75, 3.05) is 6.61 Å². The van der Waals surface area contributed by atoms with Gasteiger partial charge in [0.25, 0.3) is 0 Å². The van der Waals surface area contributed by atoms with Gasteiger partial charge in [0, 0.05) is 36.2 Å². The number of aromatic nitrogens is 1. The number of carbonyl (C=O) groups is 1. The van der Waals surface area contributed by atoms with Gasteiger partial charge in [-0.25, -0.2) is 0 Å². The standard InChI is InChI=1S/C20H28N2O2/c23-13-12-18(15-6-2-1-3-7-15)22-20(24)11-10-16-14-21-19-9-5-4-8-17(16)19/h4-5,8-9,14-15,18,21,23H,1-3,6-7,10-13H2,(H,22,24). The van der Waals surface area contributed by atoms with Gasteiger partial charge in [-0.15, -0.1) is 0 Å². The summed E-state index contributed by atoms with van der Waals surface area (Å²) in [5.74, 6) is 0.632. The molecule has 1 aromatic carbocycles. The first-order valence-corrected chi connectivity index (χ1v) is 9.23. The Bertz CT molecular complexity index is 658. The number of fused-ring (bicyclic) bond motifs is 1. The first kappa shape index (κ1) is 17.0. The predicted octanol–water partition coefficient (Wildman–Crippen LogP) is 3.55. The van der Waals surface area contributed by atoms with Crippen LogP contribution in [0.15, 0.2) is 30.5 Å². The van der Waals surface area contributed by atoms with E-state index in [-0.39, 0.29) is 18.6 Å². The molecule has 130 valence electrons. The highest BCUT2D eigenvalue weighted by atomic mass is 16.3. The van der Waals surface area contributed by atoms with Gasteiger partial charge in [-0.2, -0.15) is 0 Å². The molecule has 0 spiro atoms. The van der Waals surface area contributed by atoms with Crippen molar-refractivity contribution in [3.63, 3.8) is 0 Å². The van der Waals surface area contributed by atoms with Gasteiger partial charge in [0.2, 0.25) is 5.91 Å². The Hall–Kier alpha value is -1.81. The normalized spacial score (nSPS) is 17.0. The van der Waals surface area contributed by atoms with Crippen LogP contribution < -0.4 is 5.32 Å². The zero-order chi connectivity index (χ0) is 16.8. The number of carbonyl (C=O) groups excluding carboxylic acids is 1. The van der Waals surface area contributed by atoms with E-state index in [4.69, 9.17) is 0 Å². The number of aromatic amines is 1. The fourth-order valence-corrected chi connectivity index (χ4v) is 3.97. The van der Waals surface area contributed by atoms with Crippen LogP contribution >= 0.6 is 0 Å². The van der Waals surface area contributed by atoms with Crippen molar-refractivity contribution < 1.29 is 9.90 Å². The number of amides is 1. The van der Waals surface area contributed by atoms with E-state index in [0.717, 1.165) is 11.9 Å². The summed E-state index contributed by atoms with van der Waals surface area (Å²) >= 11 is 0. The molecular weight excluding hydrogens is 300 g/mol. The van der Waals surface area contributed by atoms with Gasteiger partial charge in [0.15, 0.2) is 0 Å². The maximum Gasteiger partial charge on any atom is 0.220 e. The van der Waals surface area contributed by atoms with E-state index < -0.39 is 0 Å². The molecule has 3 N–H and O–H groups in total. The largest absolute Gasteiger partial charge is 0.396 e. The molecule has 1 aliphatic carbocycles. The summed E-state index contributed by atoms with van der Waals surface area (Å²) in [6.45, 7) is 0.143. The third-order valence-corrected chi connectivity index (χ3v) is 5.30. The van der Waals surface area contributed by atoms with Crippen LogP contribution in [0.25, 0.3) is 10.9 Å². The van der Waals surface area contributed by atoms with Crippen LogP contribution in [-0.4, -0.2) is 28.6 Å². The molecule has 1 aliphatic rings. The average molecular weight is 328 g/mol. The van der Waals surface area contributed by atoms with E-state index in [0.29, 0.717) is 18.8 Å². The van der Waals surface area contributed by atoms with Crippen molar-refractivity contribution in [3.8, 4) is 0 Å². The third-order valence-electron chi connectivity index (χ3n) is 5.30. The first-order valence-electron chi connectivity index (χ1n) is 9.23. The van der Waals surface area contributed by atoms with E-state index in [1.165, 1.54) is 43.1 Å². The van der Waals surface area contributed by atoms with Crippen molar-refractivity contribution in [1.29, 1.82) is 0 Å². The summed E-state index contributed by atoms with van der Waals surface area (Å²) in [6, 6.07) is 8.32. The number of hydrogen-bond acceptors (Lipinski definition) is 2. The van der Waals surface area contributed by atoms with Crippen LogP contribution in [0, 0.1) is 5.92 Å². The Labute approximate surface area is 143 Å². The van der Waals surface area contributed by atoms with E-state index >= 15 is 0 Å². The van der Waals surface area contributed by atoms with Gasteiger partial charge >= 0.3 is 0 Å². The van der Waals surface area contributed by atoms with Crippen molar-refractivity contribution in [2.45, 2.75) is 57.4 Å². The molecule has 1 saturated carbocycles. The summed E-state index contributed by atoms with van der Waals surface area (Å²) in [7, 11) is 0. The highest BCUT2D eigenvalue weighted by Gasteiger charge is 2.24. The van der Waals surface area contributed by atoms with Crippen LogP contribution in [0.2, 0.25) is 0 Å². The predicted molar refractivity (Wildman–Crippen MR) is 96.8 cm³/mol. The number of hydrogen-bond donors (Lipinski definition) is 3. The molecule has 0 radical (unpaired) electrons. The van der Waals surface area contributed by atoms with Crippen LogP contribution in [0.5, 0.6) is 0 Å². The van der Waals surface area contributed by atoms with E-state index in [2.05, 4.69) is 22.4 Å². The van der Waals surface area contributed by atoms with Gasteiger partial charge < -0.3 is 15.4 Å². The monoisotopic (exact) mass is 328 g/mol. The topological polar surface area (TPSA) is 65.1 Å². The van der Waals surface area contributed by atoms with Crippen LogP contribution in [0.1, 0.15) is 50.5 Å². The third kappa shape index (κ3) is 4.18. The van der Waals surface area contributed by atoms with E-state index in [1.54, 1.807) is 0 Å². The zero-order valence-electron chi connectivity index (χ0n) is 14.3. The molecule has 2 aromatic rings. The number of H-pyrrole nitrogens is 1. The highest BCUT2D eigenvalue weighted by Crippen LogP contribution is 2.28. The first-order chi connectivity index (χ1) is 11.8. The number of para-hydroxylation sites is 1. The molecule has 4 nitrogen and oxygen atoms in total. The minimum atomic E-state index is 0.101. The van der Waals surface area contributed by atoms with Crippen LogP contribution in [0.3, 0.4) is 0 Å². The van der Waals surface area contributed by atoms with E-state index in [9.17, 15) is 9.90 Å². The summed E-state index contributed by atoms with van der Waals surface area (Å²) in [4.78, 5) is 15.7. The van der Waals surface area contributed by atoms with E-state index in [1.807, 2.05) is 18.3 Å². The Morgan fingerprint density at radius 2 is 2.04 bits per heavy atom. The fraction of sp³-hybridized carbons (Fsp3) is 0.550. The van der Waals surface area contributed by atoms with Crippen LogP contribution in [-0.2, 0) is 11.2 Å². The molecule has 24 heavy (non-hydrogen) atoms. The lowest BCUT2D eigenvalue weighted by molar-refractivity contribution is -0.122. The molecule has 0 bridgehead atoms. The molecule has 1 atom stereocenters. The Kier molecular flexibility index (Phi) is 5.91. The minimum Gasteiger partial charge on any atom is -0.396 e. The van der Waals surface area contributed by atoms with Crippen molar-refractivity contribution in [1.82, 2.24) is 10.3 Å². The van der Waals surface area contributed by atoms with Gasteiger partial charge in [0.05, 0.1) is 0 Å². The lowest BCUT2D eigenvalue weighted by Crippen LogP contribution is -2.41. The van der Waals surface area contributed by atoms with Gasteiger partial charge in [-0.05, 0) is 43.2 Å². The SMILES string of the molecule is O=C(CCc1c[nH]c2ccccc12)NC(CCO)C1CCCCC1. The quantitative estimate of drug-likeness (QED) is 0.728. The second kappa shape index (κ2) is 8.34. The number of aliphatic hydroxyl groups excluding tert-OH is 1. The molecule has 0 aliphatic heterocycles. The number of nitrogens with one attached hydrogen (secondary N) is 2. The van der Waals surface area contributed by atoms with Crippen LogP contribution in [0.4, 0.5) is 0 Å². The Morgan fingerprint density at radius 3 is 2.83 bits per heavy atom. The second-order valence-electron chi connectivity index (χ2n) is 6.94. The van der Waals surface area contributed by atoms with Gasteiger partial charge in [-0.1, -0.05) is 37.5 Å². The zero-order valence-corrected chi connectivity index (χ0v) is 14.3. The van der Waals surface area contributed by atoms with Crippen molar-refractivity contribution >= 4 is 16.8 Å². The molecule has 3 rings (SSSR count). The van der Waals surface area contributed by atoms with Gasteiger partial charge in [-0.3, -0.25) is 4.79 Å². The molecule has 1 amide bonds. The summed E-state index contributed by atoms with van der Waals surface area (Å²) in [5, 5.41) is 13.7. The highest BCUT2D eigenvalue weighted by molar-refractivity contribution is 5.84. The van der Waals surface area contributed by atoms with Crippen molar-refractivity contribution in [2.24, 2.45) is 5.92 Å². The number of aliphatic hydroxyl groups is 1. The minimum absolute atomic E-state index is 0.101. The Balaban J connectivity index is 1.55. The number of benzene rings is 1. The summed E-state index contributed by atoms with van der Waals surface area (Å²) < 4.78 is 0. The van der Waals surface area contributed by atoms with Crippen molar-refractivity contribution in [3.05, 3.63) is 36.0 Å². The molecule has 1 heterocycles. The molecular formula is C20H28N2O2. The van der Waals surface area contributed by atoms with Gasteiger partial charge in [0.1, 0.15) is 0 Å². The smallest absolute Gasteiger partial charge is 0.220 e. The number of aryl methyl sites for hydroxylation is 1. The second-order valence-corrected chi connectivity index (χ2v) is 6.94. The summed E-state index contributed by atoms with van der Waals surface area (Å²) in [6.07, 6.45) is 10.1. The molecule has 0 saturated heterocycles. The molecule has 1 aromatic heterocycles. The fourth-order valence-electron chi connectivity index (χ4n) is 3.97. The maximum absolute atomic E-state index is 12.4. The molecule has 4 heteroatoms. The molecule has 1 fully saturated rings.